The molecule has 1 atom stereocenters. The summed E-state index contributed by atoms with van der Waals surface area (Å²) in [5.74, 6) is -0.729. The molecule has 2 amide bonds. The third-order valence-corrected chi connectivity index (χ3v) is 2.46. The SMILES string of the molecule is CCC(CC(=O)O)CN1CCNC1=O. The fourth-order valence-electron chi connectivity index (χ4n) is 1.58. The Morgan fingerprint density at radius 1 is 1.71 bits per heavy atom. The lowest BCUT2D eigenvalue weighted by Crippen LogP contribution is -2.33. The Morgan fingerprint density at radius 3 is 2.86 bits per heavy atom. The van der Waals surface area contributed by atoms with Crippen molar-refractivity contribution in [2.24, 2.45) is 5.92 Å². The zero-order chi connectivity index (χ0) is 10.6. The van der Waals surface area contributed by atoms with Crippen LogP contribution in [0.4, 0.5) is 4.79 Å². The number of hydrogen-bond acceptors (Lipinski definition) is 2. The van der Waals surface area contributed by atoms with Gasteiger partial charge in [0.1, 0.15) is 0 Å². The number of carboxylic acid groups (broad SMARTS) is 1. The van der Waals surface area contributed by atoms with Gasteiger partial charge in [-0.15, -0.1) is 0 Å². The molecule has 2 N–H and O–H groups in total. The van der Waals surface area contributed by atoms with Crippen molar-refractivity contribution in [2.75, 3.05) is 19.6 Å². The summed E-state index contributed by atoms with van der Waals surface area (Å²) in [6, 6.07) is -0.0751. The van der Waals surface area contributed by atoms with E-state index in [0.29, 0.717) is 19.6 Å². The average molecular weight is 200 g/mol. The molecule has 1 aliphatic heterocycles. The maximum Gasteiger partial charge on any atom is 0.317 e. The van der Waals surface area contributed by atoms with Crippen LogP contribution in [0.25, 0.3) is 0 Å². The smallest absolute Gasteiger partial charge is 0.317 e. The predicted octanol–water partition coefficient (Wildman–Crippen LogP) is 0.512. The van der Waals surface area contributed by atoms with E-state index in [4.69, 9.17) is 5.11 Å². The monoisotopic (exact) mass is 200 g/mol. The van der Waals surface area contributed by atoms with E-state index < -0.39 is 5.97 Å². The van der Waals surface area contributed by atoms with Gasteiger partial charge in [0.15, 0.2) is 0 Å². The second kappa shape index (κ2) is 4.83. The van der Waals surface area contributed by atoms with Crippen LogP contribution >= 0.6 is 0 Å². The predicted molar refractivity (Wildman–Crippen MR) is 51.0 cm³/mol. The lowest BCUT2D eigenvalue weighted by molar-refractivity contribution is -0.138. The Balaban J connectivity index is 2.39. The van der Waals surface area contributed by atoms with Crippen molar-refractivity contribution < 1.29 is 14.7 Å². The first kappa shape index (κ1) is 10.8. The molecule has 0 bridgehead atoms. The fraction of sp³-hybridized carbons (Fsp3) is 0.778. The van der Waals surface area contributed by atoms with Crippen LogP contribution in [-0.2, 0) is 4.79 Å². The molecule has 0 aromatic rings. The summed E-state index contributed by atoms with van der Waals surface area (Å²) in [6.07, 6.45) is 0.927. The van der Waals surface area contributed by atoms with Gasteiger partial charge >= 0.3 is 12.0 Å². The van der Waals surface area contributed by atoms with Crippen LogP contribution in [-0.4, -0.2) is 41.6 Å². The third kappa shape index (κ3) is 2.90. The van der Waals surface area contributed by atoms with E-state index in [1.807, 2.05) is 6.92 Å². The second-order valence-corrected chi connectivity index (χ2v) is 3.55. The minimum atomic E-state index is -0.795. The molecule has 0 spiro atoms. The number of amides is 2. The van der Waals surface area contributed by atoms with E-state index in [1.165, 1.54) is 0 Å². The molecule has 80 valence electrons. The Hall–Kier alpha value is -1.26. The number of nitrogens with zero attached hydrogens (tertiary/aromatic N) is 1. The standard InChI is InChI=1S/C9H16N2O3/c1-2-7(5-8(12)13)6-11-4-3-10-9(11)14/h7H,2-6H2,1H3,(H,10,14)(H,12,13). The van der Waals surface area contributed by atoms with Crippen LogP contribution in [0.15, 0.2) is 0 Å². The van der Waals surface area contributed by atoms with Crippen LogP contribution in [0.5, 0.6) is 0 Å². The Bertz CT molecular complexity index is 230. The number of carboxylic acids is 1. The topological polar surface area (TPSA) is 69.6 Å². The van der Waals surface area contributed by atoms with E-state index in [-0.39, 0.29) is 18.4 Å². The van der Waals surface area contributed by atoms with E-state index in [1.54, 1.807) is 4.90 Å². The van der Waals surface area contributed by atoms with Gasteiger partial charge in [-0.1, -0.05) is 13.3 Å². The second-order valence-electron chi connectivity index (χ2n) is 3.55. The van der Waals surface area contributed by atoms with Gasteiger partial charge in [-0.3, -0.25) is 4.79 Å². The molecule has 0 radical (unpaired) electrons. The number of hydrogen-bond donors (Lipinski definition) is 2. The minimum absolute atomic E-state index is 0.0661. The Morgan fingerprint density at radius 2 is 2.43 bits per heavy atom. The normalized spacial score (nSPS) is 18.1. The summed E-state index contributed by atoms with van der Waals surface area (Å²) in [5, 5.41) is 11.3. The summed E-state index contributed by atoms with van der Waals surface area (Å²) in [5.41, 5.74) is 0. The Labute approximate surface area is 83.1 Å². The summed E-state index contributed by atoms with van der Waals surface area (Å²) in [4.78, 5) is 23.4. The van der Waals surface area contributed by atoms with Crippen LogP contribution in [0.1, 0.15) is 19.8 Å². The van der Waals surface area contributed by atoms with E-state index in [0.717, 1.165) is 6.42 Å². The number of carbonyl (C=O) groups excluding carboxylic acids is 1. The van der Waals surface area contributed by atoms with Crippen LogP contribution in [0.3, 0.4) is 0 Å². The number of urea groups is 1. The molecule has 1 unspecified atom stereocenters. The summed E-state index contributed by atoms with van der Waals surface area (Å²) < 4.78 is 0. The van der Waals surface area contributed by atoms with E-state index in [2.05, 4.69) is 5.32 Å². The van der Waals surface area contributed by atoms with Gasteiger partial charge in [0.25, 0.3) is 0 Å². The van der Waals surface area contributed by atoms with E-state index in [9.17, 15) is 9.59 Å². The first-order valence-corrected chi connectivity index (χ1v) is 4.88. The molecule has 1 rings (SSSR count). The van der Waals surface area contributed by atoms with Gasteiger partial charge in [-0.05, 0) is 5.92 Å². The highest BCUT2D eigenvalue weighted by molar-refractivity contribution is 5.76. The number of aliphatic carboxylic acids is 1. The number of rotatable bonds is 5. The molecule has 1 saturated heterocycles. The van der Waals surface area contributed by atoms with Crippen molar-refractivity contribution in [3.63, 3.8) is 0 Å². The van der Waals surface area contributed by atoms with Crippen molar-refractivity contribution in [1.29, 1.82) is 0 Å². The first-order valence-electron chi connectivity index (χ1n) is 4.88. The third-order valence-electron chi connectivity index (χ3n) is 2.46. The largest absolute Gasteiger partial charge is 0.481 e. The minimum Gasteiger partial charge on any atom is -0.481 e. The molecule has 14 heavy (non-hydrogen) atoms. The van der Waals surface area contributed by atoms with Crippen molar-refractivity contribution in [3.05, 3.63) is 0 Å². The van der Waals surface area contributed by atoms with Gasteiger partial charge in [0, 0.05) is 26.1 Å². The van der Waals surface area contributed by atoms with Crippen molar-refractivity contribution >= 4 is 12.0 Å². The lowest BCUT2D eigenvalue weighted by atomic mass is 10.0. The first-order chi connectivity index (χ1) is 6.63. The molecule has 1 fully saturated rings. The average Bonchev–Trinajstić information content (AvgIpc) is 2.50. The van der Waals surface area contributed by atoms with Gasteiger partial charge in [-0.25, -0.2) is 4.79 Å². The molecular formula is C9H16N2O3. The molecule has 5 nitrogen and oxygen atoms in total. The molecule has 0 saturated carbocycles. The van der Waals surface area contributed by atoms with Crippen molar-refractivity contribution in [2.45, 2.75) is 19.8 Å². The van der Waals surface area contributed by atoms with E-state index >= 15 is 0 Å². The summed E-state index contributed by atoms with van der Waals surface area (Å²) in [7, 11) is 0. The van der Waals surface area contributed by atoms with Crippen molar-refractivity contribution in [3.8, 4) is 0 Å². The highest BCUT2D eigenvalue weighted by atomic mass is 16.4. The highest BCUT2D eigenvalue weighted by Crippen LogP contribution is 2.11. The molecule has 1 aliphatic rings. The zero-order valence-corrected chi connectivity index (χ0v) is 8.32. The van der Waals surface area contributed by atoms with Crippen LogP contribution < -0.4 is 5.32 Å². The number of carbonyl (C=O) groups is 2. The number of nitrogens with one attached hydrogen (secondary N) is 1. The molecule has 5 heteroatoms. The highest BCUT2D eigenvalue weighted by Gasteiger charge is 2.23. The fourth-order valence-corrected chi connectivity index (χ4v) is 1.58. The van der Waals surface area contributed by atoms with Gasteiger partial charge in [0.05, 0.1) is 0 Å². The molecule has 0 aromatic heterocycles. The molecule has 0 aromatic carbocycles. The van der Waals surface area contributed by atoms with Crippen LogP contribution in [0, 0.1) is 5.92 Å². The Kier molecular flexibility index (Phi) is 3.73. The molecule has 0 aliphatic carbocycles. The van der Waals surface area contributed by atoms with Gasteiger partial charge in [0.2, 0.25) is 0 Å². The summed E-state index contributed by atoms with van der Waals surface area (Å²) >= 11 is 0. The molecule has 1 heterocycles. The van der Waals surface area contributed by atoms with Crippen molar-refractivity contribution in [1.82, 2.24) is 10.2 Å². The zero-order valence-electron chi connectivity index (χ0n) is 8.32. The maximum atomic E-state index is 11.2. The van der Waals surface area contributed by atoms with Crippen LogP contribution in [0.2, 0.25) is 0 Å². The summed E-state index contributed by atoms with van der Waals surface area (Å²) in [6.45, 7) is 3.85. The lowest BCUT2D eigenvalue weighted by Gasteiger charge is -2.20. The van der Waals surface area contributed by atoms with Gasteiger partial charge < -0.3 is 15.3 Å². The maximum absolute atomic E-state index is 11.2. The van der Waals surface area contributed by atoms with Gasteiger partial charge in [-0.2, -0.15) is 0 Å². The molecular weight excluding hydrogens is 184 g/mol. The quantitative estimate of drug-likeness (QED) is 0.679.